The summed E-state index contributed by atoms with van der Waals surface area (Å²) >= 11 is 1.55. The highest BCUT2D eigenvalue weighted by atomic mass is 32.2. The molecule has 2 saturated heterocycles. The Morgan fingerprint density at radius 3 is 2.45 bits per heavy atom. The molecule has 4 N–H and O–H groups in total. The van der Waals surface area contributed by atoms with Gasteiger partial charge in [0.2, 0.25) is 17.9 Å². The van der Waals surface area contributed by atoms with E-state index in [4.69, 9.17) is 10.5 Å². The van der Waals surface area contributed by atoms with Crippen molar-refractivity contribution in [3.05, 3.63) is 66.2 Å². The Morgan fingerprint density at radius 2 is 1.80 bits per heavy atom. The first kappa shape index (κ1) is 29.9. The Hall–Kier alpha value is -4.10. The van der Waals surface area contributed by atoms with Crippen molar-refractivity contribution < 1.29 is 27.8 Å². The van der Waals surface area contributed by atoms with Crippen LogP contribution in [0.5, 0.6) is 5.88 Å². The van der Waals surface area contributed by atoms with Crippen LogP contribution in [0.2, 0.25) is 0 Å². The minimum atomic E-state index is -4.72. The molecule has 2 fully saturated rings. The van der Waals surface area contributed by atoms with Crippen molar-refractivity contribution in [2.75, 3.05) is 36.5 Å². The Balaban J connectivity index is 1.19. The molecule has 0 aliphatic carbocycles. The minimum Gasteiger partial charge on any atom is -0.480 e. The van der Waals surface area contributed by atoms with Gasteiger partial charge in [0.25, 0.3) is 0 Å². The van der Waals surface area contributed by atoms with E-state index in [2.05, 4.69) is 20.3 Å². The molecule has 0 bridgehead atoms. The third-order valence-electron chi connectivity index (χ3n) is 8.47. The average molecular weight is 625 g/mol. The number of piperidine rings is 1. The summed E-state index contributed by atoms with van der Waals surface area (Å²) in [5.41, 5.74) is 8.16. The number of carboxylic acid groups (broad SMARTS) is 1. The van der Waals surface area contributed by atoms with E-state index in [-0.39, 0.29) is 22.8 Å². The van der Waals surface area contributed by atoms with Crippen molar-refractivity contribution in [2.45, 2.75) is 42.6 Å². The Bertz CT molecular complexity index is 1680. The van der Waals surface area contributed by atoms with Crippen molar-refractivity contribution >= 4 is 40.4 Å². The summed E-state index contributed by atoms with van der Waals surface area (Å²) in [7, 11) is 0. The van der Waals surface area contributed by atoms with Crippen LogP contribution in [0.3, 0.4) is 0 Å². The predicted molar refractivity (Wildman–Crippen MR) is 163 cm³/mol. The molecule has 4 aromatic rings. The van der Waals surface area contributed by atoms with Crippen molar-refractivity contribution in [2.24, 2.45) is 5.41 Å². The fourth-order valence-electron chi connectivity index (χ4n) is 6.03. The predicted octanol–water partition coefficient (Wildman–Crippen LogP) is 5.71. The number of halogens is 3. The van der Waals surface area contributed by atoms with E-state index in [1.54, 1.807) is 23.9 Å². The van der Waals surface area contributed by atoms with E-state index in [0.29, 0.717) is 44.7 Å². The zero-order valence-corrected chi connectivity index (χ0v) is 24.7. The highest BCUT2D eigenvalue weighted by molar-refractivity contribution is 7.98. The van der Waals surface area contributed by atoms with Gasteiger partial charge in [0.05, 0.1) is 10.5 Å². The van der Waals surface area contributed by atoms with Gasteiger partial charge in [-0.2, -0.15) is 23.1 Å². The van der Waals surface area contributed by atoms with Crippen LogP contribution in [0, 0.1) is 5.41 Å². The number of carboxylic acids is 1. The smallest absolute Gasteiger partial charge is 0.429 e. The number of alkyl halides is 3. The molecular formula is C31H31F3N6O3S. The van der Waals surface area contributed by atoms with Crippen LogP contribution < -0.4 is 20.7 Å². The third kappa shape index (κ3) is 6.25. The number of ether oxygens (including phenoxy) is 1. The monoisotopic (exact) mass is 624 g/mol. The van der Waals surface area contributed by atoms with Gasteiger partial charge in [0.15, 0.2) is 0 Å². The summed E-state index contributed by atoms with van der Waals surface area (Å²) in [5.74, 6) is -0.966. The van der Waals surface area contributed by atoms with Crippen LogP contribution in [0.15, 0.2) is 65.7 Å². The largest absolute Gasteiger partial charge is 0.480 e. The number of nitrogens with zero attached hydrogens (tertiary/aromatic N) is 4. The normalized spacial score (nSPS) is 18.9. The molecule has 2 aromatic carbocycles. The van der Waals surface area contributed by atoms with Gasteiger partial charge in [-0.3, -0.25) is 4.79 Å². The number of hydrogen-bond acceptors (Lipinski definition) is 9. The Labute approximate surface area is 256 Å². The van der Waals surface area contributed by atoms with Crippen LogP contribution in [-0.2, 0) is 4.79 Å². The molecule has 0 saturated carbocycles. The molecule has 9 nitrogen and oxygen atoms in total. The second kappa shape index (κ2) is 11.8. The first-order valence-electron chi connectivity index (χ1n) is 14.2. The lowest BCUT2D eigenvalue weighted by Gasteiger charge is -2.39. The maximum Gasteiger partial charge on any atom is 0.429 e. The van der Waals surface area contributed by atoms with Gasteiger partial charge in [-0.1, -0.05) is 36.4 Å². The number of hydrogen-bond donors (Lipinski definition) is 3. The maximum absolute atomic E-state index is 14.3. The molecule has 44 heavy (non-hydrogen) atoms. The SMILES string of the molecule is CSc1ccc2cc(-c3ccc([C@@H](Oc4cc(N5CCC6(CC5)CN[C@H](C(=O)O)C6)nc(N)n4)C(F)(F)F)cc3)ccc2n1. The number of fused-ring (bicyclic) bond motifs is 1. The second-order valence-electron chi connectivity index (χ2n) is 11.3. The number of pyridine rings is 1. The number of aliphatic carboxylic acids is 1. The van der Waals surface area contributed by atoms with E-state index < -0.39 is 24.3 Å². The summed E-state index contributed by atoms with van der Waals surface area (Å²) in [6.07, 6.45) is -3.06. The molecule has 1 spiro atoms. The van der Waals surface area contributed by atoms with Crippen LogP contribution >= 0.6 is 11.8 Å². The van der Waals surface area contributed by atoms with E-state index in [9.17, 15) is 23.1 Å². The van der Waals surface area contributed by atoms with E-state index >= 15 is 0 Å². The summed E-state index contributed by atoms with van der Waals surface area (Å²) < 4.78 is 48.4. The fraction of sp³-hybridized carbons (Fsp3) is 0.355. The first-order valence-corrected chi connectivity index (χ1v) is 15.4. The first-order chi connectivity index (χ1) is 21.0. The second-order valence-corrected chi connectivity index (χ2v) is 12.1. The standard InChI is InChI=1S/C31H31F3N6O3S/c1-44-26-9-7-21-14-20(6-8-22(21)37-26)18-2-4-19(5-3-18)27(31(32,33)34)43-25-15-24(38-29(35)39-25)40-12-10-30(11-13-40)16-23(28(41)42)36-17-30/h2-9,14-15,23,27,36H,10-13,16-17H2,1H3,(H,41,42)(H2,35,38,39)/t23-,27+/m0/s1. The van der Waals surface area contributed by atoms with Gasteiger partial charge in [-0.15, -0.1) is 11.8 Å². The van der Waals surface area contributed by atoms with Gasteiger partial charge < -0.3 is 25.8 Å². The van der Waals surface area contributed by atoms with Gasteiger partial charge in [-0.25, -0.2) is 4.98 Å². The molecular weight excluding hydrogens is 593 g/mol. The topological polar surface area (TPSA) is 126 Å². The molecule has 4 heterocycles. The number of rotatable bonds is 7. The summed E-state index contributed by atoms with van der Waals surface area (Å²) in [6, 6.07) is 16.6. The van der Waals surface area contributed by atoms with E-state index in [1.165, 1.54) is 18.2 Å². The maximum atomic E-state index is 14.3. The van der Waals surface area contributed by atoms with Gasteiger partial charge in [0.1, 0.15) is 11.9 Å². The lowest BCUT2D eigenvalue weighted by atomic mass is 9.76. The number of aromatic nitrogens is 3. The van der Waals surface area contributed by atoms with Crippen LogP contribution in [-0.4, -0.2) is 64.1 Å². The molecule has 0 unspecified atom stereocenters. The van der Waals surface area contributed by atoms with Crippen LogP contribution in [0.25, 0.3) is 22.0 Å². The zero-order valence-electron chi connectivity index (χ0n) is 23.8. The number of nitrogens with one attached hydrogen (secondary N) is 1. The average Bonchev–Trinajstić information content (AvgIpc) is 3.42. The molecule has 0 amide bonds. The quantitative estimate of drug-likeness (QED) is 0.220. The van der Waals surface area contributed by atoms with Crippen molar-refractivity contribution in [1.29, 1.82) is 0 Å². The number of benzene rings is 2. The van der Waals surface area contributed by atoms with Crippen LogP contribution in [0.4, 0.5) is 24.9 Å². The summed E-state index contributed by atoms with van der Waals surface area (Å²) in [6.45, 7) is 1.72. The number of anilines is 2. The number of nitrogens with two attached hydrogens (primary N) is 1. The van der Waals surface area contributed by atoms with Gasteiger partial charge in [-0.05, 0) is 60.3 Å². The lowest BCUT2D eigenvalue weighted by molar-refractivity contribution is -0.198. The highest BCUT2D eigenvalue weighted by Crippen LogP contribution is 2.41. The number of thioether (sulfide) groups is 1. The van der Waals surface area contributed by atoms with E-state index in [0.717, 1.165) is 27.1 Å². The molecule has 6 rings (SSSR count). The molecule has 2 aliphatic rings. The minimum absolute atomic E-state index is 0.0753. The van der Waals surface area contributed by atoms with Crippen molar-refractivity contribution in [3.8, 4) is 17.0 Å². The lowest BCUT2D eigenvalue weighted by Crippen LogP contribution is -2.41. The molecule has 0 radical (unpaired) electrons. The van der Waals surface area contributed by atoms with E-state index in [1.807, 2.05) is 41.5 Å². The molecule has 230 valence electrons. The molecule has 2 aliphatic heterocycles. The highest BCUT2D eigenvalue weighted by Gasteiger charge is 2.45. The zero-order chi connectivity index (χ0) is 31.1. The molecule has 2 aromatic heterocycles. The fourth-order valence-corrected chi connectivity index (χ4v) is 6.42. The summed E-state index contributed by atoms with van der Waals surface area (Å²) in [5, 5.41) is 14.3. The van der Waals surface area contributed by atoms with Crippen LogP contribution in [0.1, 0.15) is 30.9 Å². The third-order valence-corrected chi connectivity index (χ3v) is 9.11. The summed E-state index contributed by atoms with van der Waals surface area (Å²) in [4.78, 5) is 26.1. The number of carbonyl (C=O) groups is 1. The Kier molecular flexibility index (Phi) is 8.01. The van der Waals surface area contributed by atoms with Crippen molar-refractivity contribution in [1.82, 2.24) is 20.3 Å². The van der Waals surface area contributed by atoms with Crippen molar-refractivity contribution in [3.63, 3.8) is 0 Å². The molecule has 13 heteroatoms. The number of nitrogen functional groups attached to an aromatic ring is 1. The van der Waals surface area contributed by atoms with Gasteiger partial charge >= 0.3 is 12.1 Å². The van der Waals surface area contributed by atoms with Gasteiger partial charge in [0, 0.05) is 36.7 Å². The molecule has 2 atom stereocenters. The Morgan fingerprint density at radius 1 is 1.07 bits per heavy atom.